The number of aromatic nitrogens is 6. The Balaban J connectivity index is 1.66. The highest BCUT2D eigenvalue weighted by Gasteiger charge is 2.28. The van der Waals surface area contributed by atoms with Crippen molar-refractivity contribution in [3.05, 3.63) is 73.6 Å². The number of ketones is 1. The molecule has 184 valence electrons. The van der Waals surface area contributed by atoms with E-state index < -0.39 is 5.56 Å². The third kappa shape index (κ3) is 3.53. The predicted octanol–water partition coefficient (Wildman–Crippen LogP) is 3.70. The van der Waals surface area contributed by atoms with Crippen LogP contribution in [0, 0.1) is 5.92 Å². The molecule has 4 heterocycles. The fourth-order valence-corrected chi connectivity index (χ4v) is 5.07. The molecule has 1 aromatic carbocycles. The standard InChI is InChI=1S/C26H25ClN6O3/c1-14(34)16-8-21(30(2)12-16)23-22-24(32(11-15-4-5-15)26(36)31(3)25(22)35)29-33(23)13-17-10-28-20-7-6-18(27)9-19(17)20/h6-10,12,15,28H,4-5,11,13H2,1-3H3. The summed E-state index contributed by atoms with van der Waals surface area (Å²) in [5, 5.41) is 6.79. The fraction of sp³-hybridized carbons (Fsp3) is 0.308. The lowest BCUT2D eigenvalue weighted by atomic mass is 10.1. The van der Waals surface area contributed by atoms with Gasteiger partial charge in [0.2, 0.25) is 0 Å². The molecule has 5 aromatic rings. The molecule has 1 aliphatic rings. The second-order valence-corrected chi connectivity index (χ2v) is 10.1. The van der Waals surface area contributed by atoms with Crippen LogP contribution in [-0.4, -0.2) is 34.2 Å². The molecule has 0 radical (unpaired) electrons. The van der Waals surface area contributed by atoms with Crippen molar-refractivity contribution in [1.29, 1.82) is 0 Å². The van der Waals surface area contributed by atoms with Gasteiger partial charge in [0.25, 0.3) is 5.56 Å². The Morgan fingerprint density at radius 2 is 1.97 bits per heavy atom. The minimum Gasteiger partial charge on any atom is -0.361 e. The third-order valence-electron chi connectivity index (χ3n) is 7.07. The van der Waals surface area contributed by atoms with Crippen molar-refractivity contribution in [2.24, 2.45) is 20.0 Å². The molecule has 0 atom stereocenters. The first-order valence-corrected chi connectivity index (χ1v) is 12.2. The third-order valence-corrected chi connectivity index (χ3v) is 7.30. The lowest BCUT2D eigenvalue weighted by molar-refractivity contribution is 0.101. The first kappa shape index (κ1) is 22.6. The molecular weight excluding hydrogens is 480 g/mol. The van der Waals surface area contributed by atoms with Gasteiger partial charge >= 0.3 is 5.69 Å². The summed E-state index contributed by atoms with van der Waals surface area (Å²) >= 11 is 6.27. The van der Waals surface area contributed by atoms with E-state index in [1.165, 1.54) is 14.0 Å². The zero-order chi connectivity index (χ0) is 25.3. The molecule has 0 saturated heterocycles. The van der Waals surface area contributed by atoms with E-state index in [2.05, 4.69) is 4.98 Å². The summed E-state index contributed by atoms with van der Waals surface area (Å²) in [5.74, 6) is 0.337. The van der Waals surface area contributed by atoms with Gasteiger partial charge in [-0.2, -0.15) is 5.10 Å². The Morgan fingerprint density at radius 1 is 1.19 bits per heavy atom. The first-order chi connectivity index (χ1) is 17.2. The van der Waals surface area contributed by atoms with E-state index in [0.717, 1.165) is 33.9 Å². The molecule has 36 heavy (non-hydrogen) atoms. The van der Waals surface area contributed by atoms with Gasteiger partial charge in [-0.3, -0.25) is 23.4 Å². The van der Waals surface area contributed by atoms with Crippen LogP contribution in [0.4, 0.5) is 0 Å². The molecule has 4 aromatic heterocycles. The normalized spacial score (nSPS) is 13.8. The number of nitrogens with one attached hydrogen (secondary N) is 1. The Kier molecular flexibility index (Phi) is 5.08. The Hall–Kier alpha value is -3.85. The van der Waals surface area contributed by atoms with Gasteiger partial charge in [0.15, 0.2) is 11.4 Å². The number of nitrogens with zero attached hydrogens (tertiary/aromatic N) is 5. The molecule has 10 heteroatoms. The fourth-order valence-electron chi connectivity index (χ4n) is 4.89. The Morgan fingerprint density at radius 3 is 2.67 bits per heavy atom. The van der Waals surface area contributed by atoms with Crippen molar-refractivity contribution in [2.75, 3.05) is 0 Å². The molecule has 1 N–H and O–H groups in total. The summed E-state index contributed by atoms with van der Waals surface area (Å²) in [4.78, 5) is 42.1. The van der Waals surface area contributed by atoms with Gasteiger partial charge in [0, 0.05) is 54.5 Å². The Labute approximate surface area is 210 Å². The number of Topliss-reactive ketones (excluding diaryl/α,β-unsaturated/α-hetero) is 1. The zero-order valence-corrected chi connectivity index (χ0v) is 21.0. The molecule has 0 bridgehead atoms. The lowest BCUT2D eigenvalue weighted by Crippen LogP contribution is -2.38. The zero-order valence-electron chi connectivity index (χ0n) is 20.2. The summed E-state index contributed by atoms with van der Waals surface area (Å²) in [6, 6.07) is 7.41. The minimum absolute atomic E-state index is 0.0722. The number of aromatic amines is 1. The van der Waals surface area contributed by atoms with Crippen LogP contribution in [0.1, 0.15) is 35.7 Å². The molecule has 1 saturated carbocycles. The number of halogens is 1. The molecule has 0 amide bonds. The van der Waals surface area contributed by atoms with Crippen LogP contribution >= 0.6 is 11.6 Å². The van der Waals surface area contributed by atoms with Crippen molar-refractivity contribution >= 4 is 39.3 Å². The summed E-state index contributed by atoms with van der Waals surface area (Å²) < 4.78 is 6.36. The van der Waals surface area contributed by atoms with Crippen LogP contribution in [0.3, 0.4) is 0 Å². The van der Waals surface area contributed by atoms with Crippen LogP contribution in [0.25, 0.3) is 33.3 Å². The number of carbonyl (C=O) groups excluding carboxylic acids is 1. The van der Waals surface area contributed by atoms with Gasteiger partial charge in [-0.05, 0) is 55.5 Å². The average Bonchev–Trinajstić information content (AvgIpc) is 3.28. The smallest absolute Gasteiger partial charge is 0.332 e. The van der Waals surface area contributed by atoms with Crippen molar-refractivity contribution in [2.45, 2.75) is 32.9 Å². The van der Waals surface area contributed by atoms with Gasteiger partial charge in [0.1, 0.15) is 11.1 Å². The average molecular weight is 505 g/mol. The summed E-state index contributed by atoms with van der Waals surface area (Å²) in [5.41, 5.74) is 3.25. The molecule has 1 aliphatic carbocycles. The maximum absolute atomic E-state index is 13.5. The highest BCUT2D eigenvalue weighted by molar-refractivity contribution is 6.31. The summed E-state index contributed by atoms with van der Waals surface area (Å²) in [6.45, 7) is 2.37. The van der Waals surface area contributed by atoms with Crippen molar-refractivity contribution in [3.8, 4) is 11.4 Å². The molecule has 0 unspecified atom stereocenters. The van der Waals surface area contributed by atoms with Crippen LogP contribution in [0.15, 0.2) is 46.2 Å². The number of hydrogen-bond acceptors (Lipinski definition) is 4. The largest absolute Gasteiger partial charge is 0.361 e. The van der Waals surface area contributed by atoms with Crippen molar-refractivity contribution in [3.63, 3.8) is 0 Å². The maximum atomic E-state index is 13.5. The minimum atomic E-state index is -0.407. The second-order valence-electron chi connectivity index (χ2n) is 9.69. The highest BCUT2D eigenvalue weighted by atomic mass is 35.5. The molecule has 0 spiro atoms. The number of benzene rings is 1. The second kappa shape index (κ2) is 8.09. The predicted molar refractivity (Wildman–Crippen MR) is 139 cm³/mol. The number of carbonyl (C=O) groups is 1. The van der Waals surface area contributed by atoms with Crippen LogP contribution < -0.4 is 11.2 Å². The van der Waals surface area contributed by atoms with Gasteiger partial charge in [-0.15, -0.1) is 0 Å². The monoisotopic (exact) mass is 504 g/mol. The van der Waals surface area contributed by atoms with E-state index in [0.29, 0.717) is 52.0 Å². The topological polar surface area (TPSA) is 99.6 Å². The van der Waals surface area contributed by atoms with Gasteiger partial charge < -0.3 is 9.55 Å². The number of H-pyrrole nitrogens is 1. The van der Waals surface area contributed by atoms with E-state index in [4.69, 9.17) is 16.7 Å². The van der Waals surface area contributed by atoms with Gasteiger partial charge in [-0.1, -0.05) is 11.6 Å². The number of fused-ring (bicyclic) bond motifs is 2. The van der Waals surface area contributed by atoms with E-state index >= 15 is 0 Å². The molecule has 1 fully saturated rings. The summed E-state index contributed by atoms with van der Waals surface area (Å²) in [6.07, 6.45) is 5.76. The lowest BCUT2D eigenvalue weighted by Gasteiger charge is -2.09. The molecule has 6 rings (SSSR count). The van der Waals surface area contributed by atoms with Crippen LogP contribution in [0.2, 0.25) is 5.02 Å². The van der Waals surface area contributed by atoms with Crippen LogP contribution in [0.5, 0.6) is 0 Å². The van der Waals surface area contributed by atoms with Gasteiger partial charge in [0.05, 0.1) is 12.2 Å². The SMILES string of the molecule is CC(=O)c1cc(-c2c3c(=O)n(C)c(=O)n(CC4CC4)c3nn2Cc2c[nH]c3ccc(Cl)cc23)n(C)c1. The molecule has 9 nitrogen and oxygen atoms in total. The molecular formula is C26H25ClN6O3. The van der Waals surface area contributed by atoms with E-state index in [1.807, 2.05) is 36.0 Å². The molecule has 0 aliphatic heterocycles. The van der Waals surface area contributed by atoms with E-state index in [9.17, 15) is 14.4 Å². The van der Waals surface area contributed by atoms with Crippen LogP contribution in [-0.2, 0) is 27.2 Å². The van der Waals surface area contributed by atoms with E-state index in [-0.39, 0.29) is 11.5 Å². The number of rotatable bonds is 6. The van der Waals surface area contributed by atoms with Crippen molar-refractivity contribution in [1.82, 2.24) is 28.5 Å². The van der Waals surface area contributed by atoms with Crippen molar-refractivity contribution < 1.29 is 4.79 Å². The quantitative estimate of drug-likeness (QED) is 0.356. The maximum Gasteiger partial charge on any atom is 0.332 e. The summed E-state index contributed by atoms with van der Waals surface area (Å²) in [7, 11) is 3.34. The number of aryl methyl sites for hydroxylation is 1. The highest BCUT2D eigenvalue weighted by Crippen LogP contribution is 2.33. The Bertz CT molecular complexity index is 1810. The first-order valence-electron chi connectivity index (χ1n) is 11.9. The van der Waals surface area contributed by atoms with E-state index in [1.54, 1.807) is 21.5 Å². The number of hydrogen-bond donors (Lipinski definition) is 1. The van der Waals surface area contributed by atoms with Gasteiger partial charge in [-0.25, -0.2) is 4.79 Å².